The molecule has 222 valence electrons. The van der Waals surface area contributed by atoms with Crippen molar-refractivity contribution in [2.45, 2.75) is 26.8 Å². The van der Waals surface area contributed by atoms with Crippen molar-refractivity contribution < 1.29 is 18.9 Å². The summed E-state index contributed by atoms with van der Waals surface area (Å²) in [6, 6.07) is 16.4. The van der Waals surface area contributed by atoms with Crippen LogP contribution in [-0.4, -0.2) is 37.2 Å². The van der Waals surface area contributed by atoms with Gasteiger partial charge in [-0.1, -0.05) is 18.2 Å². The van der Waals surface area contributed by atoms with Crippen LogP contribution in [0.5, 0.6) is 0 Å². The summed E-state index contributed by atoms with van der Waals surface area (Å²) in [6.45, 7) is 5.29. The number of carbonyl (C=O) groups is 3. The van der Waals surface area contributed by atoms with E-state index in [0.29, 0.717) is 56.5 Å². The Morgan fingerprint density at radius 2 is 1.68 bits per heavy atom. The summed E-state index contributed by atoms with van der Waals surface area (Å²) in [4.78, 5) is 58.7. The molecule has 12 heteroatoms. The maximum atomic E-state index is 13.7. The molecule has 2 N–H and O–H groups in total. The van der Waals surface area contributed by atoms with E-state index in [9.17, 15) is 19.2 Å². The number of aryl methyl sites for hydroxylation is 4. The van der Waals surface area contributed by atoms with Gasteiger partial charge in [-0.3, -0.25) is 23.9 Å². The van der Waals surface area contributed by atoms with E-state index < -0.39 is 11.9 Å². The number of fused-ring (bicyclic) bond motifs is 1. The zero-order chi connectivity index (χ0) is 31.3. The Morgan fingerprint density at radius 1 is 0.932 bits per heavy atom. The fraction of sp³-hybridized carbons (Fsp3) is 0.188. The van der Waals surface area contributed by atoms with E-state index in [1.807, 2.05) is 6.92 Å². The van der Waals surface area contributed by atoms with Crippen molar-refractivity contribution in [3.8, 4) is 11.1 Å². The van der Waals surface area contributed by atoms with Crippen molar-refractivity contribution in [1.82, 2.24) is 19.5 Å². The highest BCUT2D eigenvalue weighted by Gasteiger charge is 2.39. The largest absolute Gasteiger partial charge is 0.381 e. The number of nitrogens with zero attached hydrogens (tertiary/aromatic N) is 5. The van der Waals surface area contributed by atoms with Gasteiger partial charge in [-0.25, -0.2) is 4.98 Å². The average Bonchev–Trinajstić information content (AvgIpc) is 3.60. The van der Waals surface area contributed by atoms with Gasteiger partial charge in [0.1, 0.15) is 11.5 Å². The molecule has 0 unspecified atom stereocenters. The number of amides is 3. The van der Waals surface area contributed by atoms with E-state index >= 15 is 0 Å². The first-order valence-corrected chi connectivity index (χ1v) is 13.9. The molecule has 1 aliphatic rings. The minimum Gasteiger partial charge on any atom is -0.381 e. The molecular formula is C32H29N7O5. The average molecular weight is 592 g/mol. The summed E-state index contributed by atoms with van der Waals surface area (Å²) in [6.07, 6.45) is 1.72. The number of hydrogen-bond donors (Lipinski definition) is 2. The molecule has 12 nitrogen and oxygen atoms in total. The lowest BCUT2D eigenvalue weighted by molar-refractivity contribution is 0.0989. The molecule has 3 aromatic heterocycles. The summed E-state index contributed by atoms with van der Waals surface area (Å²) < 4.78 is 8.16. The topological polar surface area (TPSA) is 144 Å². The van der Waals surface area contributed by atoms with Gasteiger partial charge in [0.15, 0.2) is 5.82 Å². The maximum Gasteiger partial charge on any atom is 0.290 e. The van der Waals surface area contributed by atoms with Crippen LogP contribution in [-0.2, 0) is 14.1 Å². The van der Waals surface area contributed by atoms with Crippen LogP contribution in [0.25, 0.3) is 11.1 Å². The minimum absolute atomic E-state index is 0.126. The summed E-state index contributed by atoms with van der Waals surface area (Å²) in [5.74, 6) is -0.234. The minimum atomic E-state index is -0.504. The molecule has 1 atom stereocenters. The van der Waals surface area contributed by atoms with E-state index in [1.54, 1.807) is 104 Å². The van der Waals surface area contributed by atoms with Crippen LogP contribution in [0, 0.1) is 13.8 Å². The van der Waals surface area contributed by atoms with E-state index in [-0.39, 0.29) is 23.1 Å². The van der Waals surface area contributed by atoms with Gasteiger partial charge in [-0.15, -0.1) is 0 Å². The predicted molar refractivity (Wildman–Crippen MR) is 164 cm³/mol. The highest BCUT2D eigenvalue weighted by atomic mass is 16.5. The van der Waals surface area contributed by atoms with Gasteiger partial charge in [-0.05, 0) is 62.7 Å². The van der Waals surface area contributed by atoms with Gasteiger partial charge in [0.25, 0.3) is 23.3 Å². The SMILES string of the molecule is Cc1cc2c(c(C(=O)Nc3cccc(C(=O)Nc4ccn(C)n4)c3)n1)[C@H](C)N(c1ccc(-c3c(C)on(C)c3=O)cc1)C2=O. The van der Waals surface area contributed by atoms with Crippen LogP contribution in [0.4, 0.5) is 17.2 Å². The Labute approximate surface area is 251 Å². The summed E-state index contributed by atoms with van der Waals surface area (Å²) >= 11 is 0. The highest BCUT2D eigenvalue weighted by molar-refractivity contribution is 6.15. The van der Waals surface area contributed by atoms with Crippen molar-refractivity contribution in [2.24, 2.45) is 14.1 Å². The third-order valence-electron chi connectivity index (χ3n) is 7.55. The standard InChI is InChI=1S/C32H29N7O5/c1-17-15-24-26(18(2)39(31(24)42)23-11-9-20(10-12-23)27-19(3)44-38(5)32(27)43)28(33-17)30(41)34-22-8-6-7-21(16-22)29(40)35-25-13-14-37(4)36-25/h6-16,18H,1-5H3,(H,34,41)(H,35,36,40)/t18-/m0/s1. The number of carbonyl (C=O) groups excluding carboxylic acids is 3. The Hall–Kier alpha value is -5.78. The smallest absolute Gasteiger partial charge is 0.290 e. The maximum absolute atomic E-state index is 13.7. The van der Waals surface area contributed by atoms with Crippen molar-refractivity contribution in [3.63, 3.8) is 0 Å². The van der Waals surface area contributed by atoms with Gasteiger partial charge < -0.3 is 20.1 Å². The quantitative estimate of drug-likeness (QED) is 0.293. The molecule has 0 fully saturated rings. The van der Waals surface area contributed by atoms with Crippen molar-refractivity contribution in [3.05, 3.63) is 111 Å². The van der Waals surface area contributed by atoms with Crippen LogP contribution >= 0.6 is 0 Å². The molecular weight excluding hydrogens is 562 g/mol. The summed E-state index contributed by atoms with van der Waals surface area (Å²) in [5.41, 5.74) is 3.76. The number of hydrogen-bond acceptors (Lipinski definition) is 7. The lowest BCUT2D eigenvalue weighted by Gasteiger charge is -2.23. The molecule has 0 saturated heterocycles. The molecule has 2 aromatic carbocycles. The van der Waals surface area contributed by atoms with Crippen LogP contribution in [0.15, 0.2) is 76.2 Å². The van der Waals surface area contributed by atoms with Gasteiger partial charge in [0.05, 0.1) is 11.6 Å². The number of anilines is 3. The Kier molecular flexibility index (Phi) is 6.96. The molecule has 0 spiro atoms. The number of nitrogens with one attached hydrogen (secondary N) is 2. The lowest BCUT2D eigenvalue weighted by atomic mass is 10.0. The number of aromatic nitrogens is 4. The Morgan fingerprint density at radius 3 is 2.34 bits per heavy atom. The van der Waals surface area contributed by atoms with Crippen molar-refractivity contribution in [1.29, 1.82) is 0 Å². The first-order chi connectivity index (χ1) is 21.0. The molecule has 6 rings (SSSR count). The van der Waals surface area contributed by atoms with E-state index in [1.165, 1.54) is 4.74 Å². The number of rotatable bonds is 6. The zero-order valence-electron chi connectivity index (χ0n) is 24.7. The summed E-state index contributed by atoms with van der Waals surface area (Å²) in [5, 5.41) is 9.71. The lowest BCUT2D eigenvalue weighted by Crippen LogP contribution is -2.26. The number of pyridine rings is 1. The molecule has 0 bridgehead atoms. The molecule has 0 saturated carbocycles. The Bertz CT molecular complexity index is 2020. The second-order valence-corrected chi connectivity index (χ2v) is 10.7. The van der Waals surface area contributed by atoms with E-state index in [2.05, 4.69) is 20.7 Å². The first kappa shape index (κ1) is 28.3. The first-order valence-electron chi connectivity index (χ1n) is 13.9. The van der Waals surface area contributed by atoms with Gasteiger partial charge in [0.2, 0.25) is 0 Å². The Balaban J connectivity index is 1.26. The van der Waals surface area contributed by atoms with Gasteiger partial charge in [0, 0.05) is 60.1 Å². The summed E-state index contributed by atoms with van der Waals surface area (Å²) in [7, 11) is 3.30. The fourth-order valence-electron chi connectivity index (χ4n) is 5.55. The third-order valence-corrected chi connectivity index (χ3v) is 7.55. The van der Waals surface area contributed by atoms with Crippen LogP contribution in [0.2, 0.25) is 0 Å². The second kappa shape index (κ2) is 10.8. The van der Waals surface area contributed by atoms with Gasteiger partial charge >= 0.3 is 0 Å². The second-order valence-electron chi connectivity index (χ2n) is 10.7. The zero-order valence-corrected chi connectivity index (χ0v) is 24.7. The predicted octanol–water partition coefficient (Wildman–Crippen LogP) is 4.62. The molecule has 1 aliphatic heterocycles. The van der Waals surface area contributed by atoms with E-state index in [0.717, 1.165) is 0 Å². The fourth-order valence-corrected chi connectivity index (χ4v) is 5.55. The molecule has 0 aliphatic carbocycles. The monoisotopic (exact) mass is 591 g/mol. The van der Waals surface area contributed by atoms with Crippen molar-refractivity contribution >= 4 is 34.9 Å². The molecule has 0 radical (unpaired) electrons. The molecule has 44 heavy (non-hydrogen) atoms. The number of benzene rings is 2. The van der Waals surface area contributed by atoms with E-state index in [4.69, 9.17) is 4.52 Å². The van der Waals surface area contributed by atoms with Crippen LogP contribution in [0.3, 0.4) is 0 Å². The molecule has 4 heterocycles. The van der Waals surface area contributed by atoms with Crippen molar-refractivity contribution in [2.75, 3.05) is 15.5 Å². The third kappa shape index (κ3) is 4.96. The van der Waals surface area contributed by atoms with Crippen LogP contribution in [0.1, 0.15) is 61.2 Å². The normalized spacial score (nSPS) is 14.1. The molecule has 3 amide bonds. The van der Waals surface area contributed by atoms with Crippen LogP contribution < -0.4 is 21.1 Å². The molecule has 5 aromatic rings. The van der Waals surface area contributed by atoms with Gasteiger partial charge in [-0.2, -0.15) is 9.84 Å². The highest BCUT2D eigenvalue weighted by Crippen LogP contribution is 2.39.